The average molecular weight is 522 g/mol. The van der Waals surface area contributed by atoms with Crippen molar-refractivity contribution >= 4 is 29.2 Å². The van der Waals surface area contributed by atoms with Crippen molar-refractivity contribution in [3.63, 3.8) is 0 Å². The molecule has 0 radical (unpaired) electrons. The fourth-order valence-electron chi connectivity index (χ4n) is 5.51. The van der Waals surface area contributed by atoms with Gasteiger partial charge in [-0.05, 0) is 83.1 Å². The van der Waals surface area contributed by atoms with Crippen LogP contribution in [0.5, 0.6) is 0 Å². The van der Waals surface area contributed by atoms with Crippen molar-refractivity contribution in [1.29, 1.82) is 0 Å². The van der Waals surface area contributed by atoms with Gasteiger partial charge in [0.25, 0.3) is 5.91 Å². The zero-order valence-electron chi connectivity index (χ0n) is 23.3. The van der Waals surface area contributed by atoms with Crippen molar-refractivity contribution in [3.05, 3.63) is 35.9 Å². The lowest BCUT2D eigenvalue weighted by Crippen LogP contribution is -2.49. The number of hydrogen-bond acceptors (Lipinski definition) is 8. The predicted octanol–water partition coefficient (Wildman–Crippen LogP) is 3.82. The van der Waals surface area contributed by atoms with Crippen LogP contribution in [0.25, 0.3) is 0 Å². The van der Waals surface area contributed by atoms with E-state index < -0.39 is 5.54 Å². The molecule has 0 unspecified atom stereocenters. The fraction of sp³-hybridized carbons (Fsp3) is 0.621. The number of carbonyl (C=O) groups is 1. The molecule has 1 aliphatic carbocycles. The number of carbonyl (C=O) groups excluding carboxylic acids is 1. The van der Waals surface area contributed by atoms with Crippen molar-refractivity contribution in [3.8, 4) is 0 Å². The molecule has 2 aromatic rings. The molecule has 1 spiro atoms. The summed E-state index contributed by atoms with van der Waals surface area (Å²) in [6, 6.07) is 10.0. The average Bonchev–Trinajstić information content (AvgIpc) is 3.67. The van der Waals surface area contributed by atoms with Gasteiger partial charge in [0, 0.05) is 45.3 Å². The summed E-state index contributed by atoms with van der Waals surface area (Å²) in [7, 11) is 0. The highest BCUT2D eigenvalue weighted by atomic mass is 16.3. The fourth-order valence-corrected chi connectivity index (χ4v) is 5.51. The normalized spacial score (nSPS) is 19.6. The maximum atomic E-state index is 13.6. The number of nitrogens with one attached hydrogen (secondary N) is 2. The van der Waals surface area contributed by atoms with E-state index in [1.165, 1.54) is 12.8 Å². The predicted molar refractivity (Wildman–Crippen MR) is 153 cm³/mol. The van der Waals surface area contributed by atoms with Gasteiger partial charge in [0.1, 0.15) is 23.3 Å². The van der Waals surface area contributed by atoms with Crippen LogP contribution < -0.4 is 20.4 Å². The topological polar surface area (TPSA) is 96.9 Å². The van der Waals surface area contributed by atoms with E-state index >= 15 is 0 Å². The molecule has 0 bridgehead atoms. The van der Waals surface area contributed by atoms with Gasteiger partial charge in [-0.1, -0.05) is 6.07 Å². The summed E-state index contributed by atoms with van der Waals surface area (Å²) in [5.41, 5.74) is 0.555. The summed E-state index contributed by atoms with van der Waals surface area (Å²) in [6.07, 6.45) is 4.93. The number of amides is 1. The number of pyridine rings is 2. The first-order chi connectivity index (χ1) is 18.2. The Morgan fingerprint density at radius 2 is 1.66 bits per heavy atom. The van der Waals surface area contributed by atoms with Crippen LogP contribution in [0, 0.1) is 5.41 Å². The lowest BCUT2D eigenvalue weighted by Gasteiger charge is -2.37. The molecule has 3 N–H and O–H groups in total. The molecule has 0 aromatic carbocycles. The Morgan fingerprint density at radius 3 is 2.29 bits per heavy atom. The summed E-state index contributed by atoms with van der Waals surface area (Å²) >= 11 is 0. The second-order valence-electron chi connectivity index (χ2n) is 12.2. The zero-order valence-corrected chi connectivity index (χ0v) is 23.3. The summed E-state index contributed by atoms with van der Waals surface area (Å²) in [5, 5.41) is 16.1. The minimum atomic E-state index is -0.515. The van der Waals surface area contributed by atoms with E-state index in [4.69, 9.17) is 9.97 Å². The van der Waals surface area contributed by atoms with Crippen molar-refractivity contribution < 1.29 is 9.90 Å². The second-order valence-corrected chi connectivity index (χ2v) is 12.2. The summed E-state index contributed by atoms with van der Waals surface area (Å²) < 4.78 is 0. The van der Waals surface area contributed by atoms with Crippen LogP contribution in [0.1, 0.15) is 63.7 Å². The Balaban J connectivity index is 1.33. The zero-order chi connectivity index (χ0) is 26.9. The smallest absolute Gasteiger partial charge is 0.260 e. The first kappa shape index (κ1) is 26.7. The van der Waals surface area contributed by atoms with Gasteiger partial charge in [0.05, 0.1) is 17.7 Å². The van der Waals surface area contributed by atoms with Gasteiger partial charge in [-0.3, -0.25) is 9.69 Å². The summed E-state index contributed by atoms with van der Waals surface area (Å²) in [4.78, 5) is 30.2. The molecule has 9 nitrogen and oxygen atoms in total. The van der Waals surface area contributed by atoms with Crippen molar-refractivity contribution in [2.24, 2.45) is 5.41 Å². The Hall–Kier alpha value is -2.91. The van der Waals surface area contributed by atoms with Crippen LogP contribution in [-0.4, -0.2) is 83.3 Å². The van der Waals surface area contributed by atoms with E-state index in [1.807, 2.05) is 44.2 Å². The number of nitrogens with zero attached hydrogens (tertiary/aromatic N) is 5. The van der Waals surface area contributed by atoms with E-state index in [2.05, 4.69) is 39.2 Å². The molecule has 1 amide bonds. The van der Waals surface area contributed by atoms with E-state index in [9.17, 15) is 9.90 Å². The molecule has 3 fully saturated rings. The standard InChI is InChI=1S/C29H43N7O2/c1-21(2)34-16-18-35(19-17-34)25-7-5-6-23(30-25)32-27(38)22-8-9-24(33-28(3,4)20-37)31-26(22)36-14-12-29(10-11-29)13-15-36/h5-9,21,37H,10-20H2,1-4H3,(H,31,33)(H,30,32,38). The molecule has 9 heteroatoms. The highest BCUT2D eigenvalue weighted by molar-refractivity contribution is 6.07. The molecular weight excluding hydrogens is 478 g/mol. The number of rotatable bonds is 8. The number of piperidine rings is 1. The third-order valence-corrected chi connectivity index (χ3v) is 8.41. The van der Waals surface area contributed by atoms with Crippen molar-refractivity contribution in [2.45, 2.75) is 65.0 Å². The molecule has 2 aliphatic heterocycles. The van der Waals surface area contributed by atoms with Gasteiger partial charge in [-0.25, -0.2) is 9.97 Å². The number of piperazine rings is 1. The molecular formula is C29H43N7O2. The molecule has 2 aromatic heterocycles. The highest BCUT2D eigenvalue weighted by Crippen LogP contribution is 2.54. The number of anilines is 4. The first-order valence-corrected chi connectivity index (χ1v) is 14.1. The van der Waals surface area contributed by atoms with Gasteiger partial charge in [0.2, 0.25) is 0 Å². The number of aromatic nitrogens is 2. The molecule has 5 rings (SSSR count). The quantitative estimate of drug-likeness (QED) is 0.483. The Bertz CT molecular complexity index is 1130. The van der Waals surface area contributed by atoms with Crippen LogP contribution in [0.4, 0.5) is 23.3 Å². The summed E-state index contributed by atoms with van der Waals surface area (Å²) in [6.45, 7) is 14.0. The number of aliphatic hydroxyl groups is 1. The van der Waals surface area contributed by atoms with E-state index in [1.54, 1.807) is 0 Å². The van der Waals surface area contributed by atoms with Crippen LogP contribution in [-0.2, 0) is 0 Å². The van der Waals surface area contributed by atoms with E-state index in [0.29, 0.717) is 34.5 Å². The molecule has 3 aliphatic rings. The van der Waals surface area contributed by atoms with Gasteiger partial charge < -0.3 is 25.5 Å². The maximum absolute atomic E-state index is 13.6. The van der Waals surface area contributed by atoms with Gasteiger partial charge >= 0.3 is 0 Å². The maximum Gasteiger partial charge on any atom is 0.260 e. The highest BCUT2D eigenvalue weighted by Gasteiger charge is 2.45. The lowest BCUT2D eigenvalue weighted by molar-refractivity contribution is 0.102. The van der Waals surface area contributed by atoms with E-state index in [0.717, 1.165) is 57.9 Å². The SMILES string of the molecule is CC(C)N1CCN(c2cccc(NC(=O)c3ccc(NC(C)(C)CO)nc3N3CCC4(CC3)CC4)n2)CC1. The molecule has 2 saturated heterocycles. The minimum Gasteiger partial charge on any atom is -0.394 e. The van der Waals surface area contributed by atoms with Gasteiger partial charge in [0.15, 0.2) is 0 Å². The molecule has 0 atom stereocenters. The number of aliphatic hydroxyl groups excluding tert-OH is 1. The Kier molecular flexibility index (Phi) is 7.51. The van der Waals surface area contributed by atoms with Crippen LogP contribution in [0.3, 0.4) is 0 Å². The second kappa shape index (κ2) is 10.7. The van der Waals surface area contributed by atoms with Crippen LogP contribution in [0.15, 0.2) is 30.3 Å². The Labute approximate surface area is 226 Å². The first-order valence-electron chi connectivity index (χ1n) is 14.1. The molecule has 206 valence electrons. The monoisotopic (exact) mass is 521 g/mol. The lowest BCUT2D eigenvalue weighted by atomic mass is 9.93. The molecule has 38 heavy (non-hydrogen) atoms. The summed E-state index contributed by atoms with van der Waals surface area (Å²) in [5.74, 6) is 2.58. The third-order valence-electron chi connectivity index (χ3n) is 8.41. The van der Waals surface area contributed by atoms with E-state index in [-0.39, 0.29) is 12.5 Å². The molecule has 1 saturated carbocycles. The van der Waals surface area contributed by atoms with Crippen molar-refractivity contribution in [2.75, 3.05) is 66.3 Å². The van der Waals surface area contributed by atoms with Crippen LogP contribution in [0.2, 0.25) is 0 Å². The van der Waals surface area contributed by atoms with Gasteiger partial charge in [-0.15, -0.1) is 0 Å². The van der Waals surface area contributed by atoms with Crippen molar-refractivity contribution in [1.82, 2.24) is 14.9 Å². The third kappa shape index (κ3) is 6.04. The largest absolute Gasteiger partial charge is 0.394 e. The van der Waals surface area contributed by atoms with Crippen LogP contribution >= 0.6 is 0 Å². The van der Waals surface area contributed by atoms with Gasteiger partial charge in [-0.2, -0.15) is 0 Å². The minimum absolute atomic E-state index is 0.0208. The number of hydrogen-bond donors (Lipinski definition) is 3. The molecule has 4 heterocycles. The Morgan fingerprint density at radius 1 is 0.947 bits per heavy atom.